The predicted octanol–water partition coefficient (Wildman–Crippen LogP) is 2.10. The number of hydrogen-bond donors (Lipinski definition) is 2. The van der Waals surface area contributed by atoms with Crippen LogP contribution in [0.15, 0.2) is 12.1 Å². The Labute approximate surface area is 117 Å². The van der Waals surface area contributed by atoms with Gasteiger partial charge in [-0.25, -0.2) is 9.87 Å². The summed E-state index contributed by atoms with van der Waals surface area (Å²) in [5, 5.41) is 8.63. The first kappa shape index (κ1) is 13.5. The lowest BCUT2D eigenvalue weighted by molar-refractivity contribution is 0.0705. The lowest BCUT2D eigenvalue weighted by Crippen LogP contribution is -2.37. The molecule has 0 saturated heterocycles. The second-order valence-corrected chi connectivity index (χ2v) is 5.82. The monoisotopic (exact) mass is 278 g/mol. The molecule has 0 atom stereocenters. The first-order valence-electron chi connectivity index (χ1n) is 7.15. The molecule has 1 amide bonds. The normalized spacial score (nSPS) is 19.3. The molecule has 0 bridgehead atoms. The molecule has 1 aliphatic heterocycles. The molecular weight excluding hydrogens is 259 g/mol. The van der Waals surface area contributed by atoms with E-state index in [0.717, 1.165) is 31.0 Å². The van der Waals surface area contributed by atoms with Crippen LogP contribution in [0.5, 0.6) is 0 Å². The molecule has 4 nitrogen and oxygen atoms in total. The number of rotatable bonds is 3. The van der Waals surface area contributed by atoms with Gasteiger partial charge in [0, 0.05) is 30.8 Å². The highest BCUT2D eigenvalue weighted by atomic mass is 19.1. The number of benzene rings is 1. The van der Waals surface area contributed by atoms with Crippen LogP contribution < -0.4 is 5.48 Å². The van der Waals surface area contributed by atoms with Gasteiger partial charge in [0.1, 0.15) is 5.82 Å². The summed E-state index contributed by atoms with van der Waals surface area (Å²) >= 11 is 0. The minimum atomic E-state index is -0.663. The molecule has 0 radical (unpaired) electrons. The summed E-state index contributed by atoms with van der Waals surface area (Å²) in [4.78, 5) is 13.7. The zero-order valence-electron chi connectivity index (χ0n) is 11.4. The van der Waals surface area contributed by atoms with Crippen LogP contribution in [0.2, 0.25) is 0 Å². The molecule has 20 heavy (non-hydrogen) atoms. The fraction of sp³-hybridized carbons (Fsp3) is 0.533. The van der Waals surface area contributed by atoms with E-state index in [0.29, 0.717) is 12.1 Å². The molecule has 5 heteroatoms. The largest absolute Gasteiger partial charge is 0.298 e. The van der Waals surface area contributed by atoms with Crippen molar-refractivity contribution in [3.63, 3.8) is 0 Å². The molecule has 0 unspecified atom stereocenters. The van der Waals surface area contributed by atoms with Crippen LogP contribution in [0.3, 0.4) is 0 Å². The first-order valence-corrected chi connectivity index (χ1v) is 7.15. The number of nitrogens with zero attached hydrogens (tertiary/aromatic N) is 1. The number of carbonyl (C=O) groups is 1. The molecule has 3 rings (SSSR count). The molecule has 1 aromatic rings. The van der Waals surface area contributed by atoms with Crippen molar-refractivity contribution < 1.29 is 14.4 Å². The Morgan fingerprint density at radius 3 is 2.90 bits per heavy atom. The average molecular weight is 278 g/mol. The zero-order valence-corrected chi connectivity index (χ0v) is 11.4. The van der Waals surface area contributed by atoms with E-state index in [1.807, 2.05) is 0 Å². The minimum absolute atomic E-state index is 0.177. The predicted molar refractivity (Wildman–Crippen MR) is 72.0 cm³/mol. The van der Waals surface area contributed by atoms with E-state index in [-0.39, 0.29) is 11.4 Å². The van der Waals surface area contributed by atoms with E-state index in [1.54, 1.807) is 11.5 Å². The van der Waals surface area contributed by atoms with Crippen molar-refractivity contribution in [3.8, 4) is 0 Å². The number of hydroxylamine groups is 1. The summed E-state index contributed by atoms with van der Waals surface area (Å²) in [7, 11) is 0. The summed E-state index contributed by atoms with van der Waals surface area (Å²) in [6.45, 7) is 2.59. The zero-order chi connectivity index (χ0) is 14.1. The molecular formula is C15H19FN2O2. The van der Waals surface area contributed by atoms with Gasteiger partial charge in [-0.3, -0.25) is 14.9 Å². The van der Waals surface area contributed by atoms with E-state index >= 15 is 0 Å². The molecule has 108 valence electrons. The van der Waals surface area contributed by atoms with E-state index in [2.05, 4.69) is 4.90 Å². The number of nitrogens with one attached hydrogen (secondary N) is 1. The van der Waals surface area contributed by atoms with Gasteiger partial charge in [-0.05, 0) is 42.9 Å². The van der Waals surface area contributed by atoms with E-state index in [4.69, 9.17) is 5.21 Å². The van der Waals surface area contributed by atoms with Gasteiger partial charge in [0.25, 0.3) is 5.91 Å². The quantitative estimate of drug-likeness (QED) is 0.657. The van der Waals surface area contributed by atoms with Crippen LogP contribution >= 0.6 is 0 Å². The summed E-state index contributed by atoms with van der Waals surface area (Å²) in [5.41, 5.74) is 3.31. The molecule has 1 saturated carbocycles. The SMILES string of the molecule is O=C(NO)c1cc(F)c2c(c1)CCN(CC1CCC1)C2. The maximum atomic E-state index is 14.1. The van der Waals surface area contributed by atoms with Crippen molar-refractivity contribution in [2.45, 2.75) is 32.2 Å². The van der Waals surface area contributed by atoms with Crippen LogP contribution in [0.4, 0.5) is 4.39 Å². The first-order chi connectivity index (χ1) is 9.67. The molecule has 2 aliphatic rings. The van der Waals surface area contributed by atoms with Crippen molar-refractivity contribution in [2.75, 3.05) is 13.1 Å². The van der Waals surface area contributed by atoms with Crippen molar-refractivity contribution in [3.05, 3.63) is 34.6 Å². The molecule has 0 spiro atoms. The van der Waals surface area contributed by atoms with E-state index in [9.17, 15) is 9.18 Å². The lowest BCUT2D eigenvalue weighted by Gasteiger charge is -2.35. The smallest absolute Gasteiger partial charge is 0.274 e. The molecule has 1 fully saturated rings. The van der Waals surface area contributed by atoms with Crippen LogP contribution in [-0.2, 0) is 13.0 Å². The molecule has 1 aliphatic carbocycles. The molecule has 1 aromatic carbocycles. The van der Waals surface area contributed by atoms with Crippen molar-refractivity contribution >= 4 is 5.91 Å². The van der Waals surface area contributed by atoms with Crippen LogP contribution in [0.25, 0.3) is 0 Å². The molecule has 2 N–H and O–H groups in total. The summed E-state index contributed by atoms with van der Waals surface area (Å²) < 4.78 is 14.1. The highest BCUT2D eigenvalue weighted by Gasteiger charge is 2.25. The summed E-state index contributed by atoms with van der Waals surface area (Å²) in [5.74, 6) is -0.234. The van der Waals surface area contributed by atoms with Crippen molar-refractivity contribution in [1.29, 1.82) is 0 Å². The fourth-order valence-electron chi connectivity index (χ4n) is 3.07. The van der Waals surface area contributed by atoms with Crippen molar-refractivity contribution in [2.24, 2.45) is 5.92 Å². The molecule has 1 heterocycles. The molecule has 0 aromatic heterocycles. The maximum Gasteiger partial charge on any atom is 0.274 e. The Kier molecular flexibility index (Phi) is 3.72. The van der Waals surface area contributed by atoms with Crippen LogP contribution in [-0.4, -0.2) is 29.1 Å². The van der Waals surface area contributed by atoms with Gasteiger partial charge >= 0.3 is 0 Å². The van der Waals surface area contributed by atoms with Gasteiger partial charge in [-0.15, -0.1) is 0 Å². The number of hydrogen-bond acceptors (Lipinski definition) is 3. The highest BCUT2D eigenvalue weighted by molar-refractivity contribution is 5.93. The Balaban J connectivity index is 1.77. The van der Waals surface area contributed by atoms with Crippen LogP contribution in [0.1, 0.15) is 40.7 Å². The Morgan fingerprint density at radius 1 is 1.45 bits per heavy atom. The topological polar surface area (TPSA) is 52.6 Å². The van der Waals surface area contributed by atoms with Crippen molar-refractivity contribution in [1.82, 2.24) is 10.4 Å². The second kappa shape index (κ2) is 5.50. The number of halogens is 1. The standard InChI is InChI=1S/C15H19FN2O2/c16-14-7-12(15(19)17-20)6-11-4-5-18(9-13(11)14)8-10-2-1-3-10/h6-7,10,20H,1-5,8-9H2,(H,17,19). The third-order valence-electron chi connectivity index (χ3n) is 4.47. The van der Waals surface area contributed by atoms with E-state index < -0.39 is 5.91 Å². The number of fused-ring (bicyclic) bond motifs is 1. The second-order valence-electron chi connectivity index (χ2n) is 5.82. The number of carbonyl (C=O) groups excluding carboxylic acids is 1. The van der Waals surface area contributed by atoms with Crippen LogP contribution in [0, 0.1) is 11.7 Å². The Morgan fingerprint density at radius 2 is 2.25 bits per heavy atom. The number of amides is 1. The Hall–Kier alpha value is -1.46. The van der Waals surface area contributed by atoms with Gasteiger partial charge in [-0.2, -0.15) is 0 Å². The minimum Gasteiger partial charge on any atom is -0.298 e. The average Bonchev–Trinajstić information content (AvgIpc) is 2.42. The van der Waals surface area contributed by atoms with Gasteiger partial charge in [0.2, 0.25) is 0 Å². The van der Waals surface area contributed by atoms with E-state index in [1.165, 1.54) is 25.3 Å². The van der Waals surface area contributed by atoms with Gasteiger partial charge in [0.05, 0.1) is 0 Å². The van der Waals surface area contributed by atoms with Gasteiger partial charge < -0.3 is 0 Å². The third-order valence-corrected chi connectivity index (χ3v) is 4.47. The third kappa shape index (κ3) is 2.55. The Bertz CT molecular complexity index is 529. The van der Waals surface area contributed by atoms with Gasteiger partial charge in [0.15, 0.2) is 0 Å². The maximum absolute atomic E-state index is 14.1. The van der Waals surface area contributed by atoms with Gasteiger partial charge in [-0.1, -0.05) is 6.42 Å². The summed E-state index contributed by atoms with van der Waals surface area (Å²) in [6.07, 6.45) is 4.66. The highest BCUT2D eigenvalue weighted by Crippen LogP contribution is 2.30. The lowest BCUT2D eigenvalue weighted by atomic mass is 9.84. The fourth-order valence-corrected chi connectivity index (χ4v) is 3.07. The summed E-state index contributed by atoms with van der Waals surface area (Å²) in [6, 6.07) is 2.89.